The second-order valence-electron chi connectivity index (χ2n) is 3.66. The molecular weight excluding hydrogens is 224 g/mol. The SMILES string of the molecule is CCC(Oc1ccc(C)cc1C(=O)O)C(=O)O. The van der Waals surface area contributed by atoms with E-state index in [0.29, 0.717) is 0 Å². The van der Waals surface area contributed by atoms with Gasteiger partial charge >= 0.3 is 11.9 Å². The van der Waals surface area contributed by atoms with Crippen LogP contribution in [-0.2, 0) is 4.79 Å². The largest absolute Gasteiger partial charge is 0.479 e. The Morgan fingerprint density at radius 2 is 2.00 bits per heavy atom. The number of aliphatic carboxylic acids is 1. The van der Waals surface area contributed by atoms with Gasteiger partial charge in [0.15, 0.2) is 6.10 Å². The van der Waals surface area contributed by atoms with Gasteiger partial charge in [-0.3, -0.25) is 0 Å². The summed E-state index contributed by atoms with van der Waals surface area (Å²) in [4.78, 5) is 21.8. The highest BCUT2D eigenvalue weighted by atomic mass is 16.5. The summed E-state index contributed by atoms with van der Waals surface area (Å²) >= 11 is 0. The maximum atomic E-state index is 11.0. The number of hydrogen-bond acceptors (Lipinski definition) is 3. The predicted octanol–water partition coefficient (Wildman–Crippen LogP) is 1.94. The number of aryl methyl sites for hydroxylation is 1. The molecular formula is C12H14O5. The smallest absolute Gasteiger partial charge is 0.344 e. The third-order valence-corrected chi connectivity index (χ3v) is 2.28. The Kier molecular flexibility index (Phi) is 4.09. The molecule has 0 bridgehead atoms. The molecule has 2 N–H and O–H groups in total. The number of carboxylic acids is 2. The molecule has 1 atom stereocenters. The second-order valence-corrected chi connectivity index (χ2v) is 3.66. The normalized spacial score (nSPS) is 11.9. The van der Waals surface area contributed by atoms with Crippen LogP contribution < -0.4 is 4.74 Å². The molecule has 1 aromatic rings. The molecule has 5 nitrogen and oxygen atoms in total. The van der Waals surface area contributed by atoms with Gasteiger partial charge in [-0.1, -0.05) is 18.6 Å². The number of benzene rings is 1. The minimum absolute atomic E-state index is 0.0234. The molecule has 0 fully saturated rings. The summed E-state index contributed by atoms with van der Waals surface area (Å²) in [5.74, 6) is -2.16. The Labute approximate surface area is 98.6 Å². The molecule has 0 aliphatic carbocycles. The van der Waals surface area contributed by atoms with Crippen molar-refractivity contribution in [1.82, 2.24) is 0 Å². The van der Waals surface area contributed by atoms with Crippen molar-refractivity contribution in [1.29, 1.82) is 0 Å². The number of aromatic carboxylic acids is 1. The monoisotopic (exact) mass is 238 g/mol. The van der Waals surface area contributed by atoms with Crippen LogP contribution in [-0.4, -0.2) is 28.3 Å². The van der Waals surface area contributed by atoms with Crippen molar-refractivity contribution < 1.29 is 24.5 Å². The summed E-state index contributed by atoms with van der Waals surface area (Å²) in [6.45, 7) is 3.41. The van der Waals surface area contributed by atoms with Gasteiger partial charge in [0.2, 0.25) is 0 Å². The first-order valence-electron chi connectivity index (χ1n) is 5.19. The van der Waals surface area contributed by atoms with Crippen LogP contribution in [0.3, 0.4) is 0 Å². The summed E-state index contributed by atoms with van der Waals surface area (Å²) in [5.41, 5.74) is 0.753. The van der Waals surface area contributed by atoms with Crippen LogP contribution in [0.25, 0.3) is 0 Å². The highest BCUT2D eigenvalue weighted by Crippen LogP contribution is 2.22. The van der Waals surface area contributed by atoms with Gasteiger partial charge in [-0.05, 0) is 25.5 Å². The van der Waals surface area contributed by atoms with E-state index >= 15 is 0 Å². The lowest BCUT2D eigenvalue weighted by molar-refractivity contribution is -0.145. The van der Waals surface area contributed by atoms with Gasteiger partial charge in [0, 0.05) is 0 Å². The lowest BCUT2D eigenvalue weighted by Gasteiger charge is -2.15. The number of carbonyl (C=O) groups is 2. The molecule has 0 saturated carbocycles. The summed E-state index contributed by atoms with van der Waals surface area (Å²) < 4.78 is 5.19. The van der Waals surface area contributed by atoms with E-state index in [0.717, 1.165) is 5.56 Å². The third-order valence-electron chi connectivity index (χ3n) is 2.28. The maximum absolute atomic E-state index is 11.0. The molecule has 0 amide bonds. The summed E-state index contributed by atoms with van der Waals surface area (Å²) in [6.07, 6.45) is -0.766. The van der Waals surface area contributed by atoms with Crippen LogP contribution in [0.1, 0.15) is 29.3 Å². The average molecular weight is 238 g/mol. The van der Waals surface area contributed by atoms with E-state index in [-0.39, 0.29) is 17.7 Å². The fourth-order valence-corrected chi connectivity index (χ4v) is 1.38. The molecule has 1 aromatic carbocycles. The molecule has 5 heteroatoms. The average Bonchev–Trinajstić information content (AvgIpc) is 2.26. The number of ether oxygens (including phenoxy) is 1. The van der Waals surface area contributed by atoms with Crippen molar-refractivity contribution in [2.45, 2.75) is 26.4 Å². The predicted molar refractivity (Wildman–Crippen MR) is 60.5 cm³/mol. The molecule has 17 heavy (non-hydrogen) atoms. The maximum Gasteiger partial charge on any atom is 0.344 e. The third kappa shape index (κ3) is 3.21. The molecule has 92 valence electrons. The Morgan fingerprint density at radius 3 is 2.47 bits per heavy atom. The molecule has 0 aliphatic heterocycles. The molecule has 1 unspecified atom stereocenters. The lowest BCUT2D eigenvalue weighted by atomic mass is 10.1. The minimum atomic E-state index is -1.14. The van der Waals surface area contributed by atoms with Crippen molar-refractivity contribution in [3.8, 4) is 5.75 Å². The van der Waals surface area contributed by atoms with Crippen LogP contribution in [0.5, 0.6) is 5.75 Å². The van der Waals surface area contributed by atoms with Crippen molar-refractivity contribution in [3.63, 3.8) is 0 Å². The zero-order valence-corrected chi connectivity index (χ0v) is 9.64. The van der Waals surface area contributed by atoms with E-state index < -0.39 is 18.0 Å². The zero-order chi connectivity index (χ0) is 13.0. The standard InChI is InChI=1S/C12H14O5/c1-3-9(12(15)16)17-10-5-4-7(2)6-8(10)11(13)14/h4-6,9H,3H2,1-2H3,(H,13,14)(H,15,16). The van der Waals surface area contributed by atoms with Gasteiger partial charge < -0.3 is 14.9 Å². The Hall–Kier alpha value is -2.04. The van der Waals surface area contributed by atoms with Crippen LogP contribution >= 0.6 is 0 Å². The summed E-state index contributed by atoms with van der Waals surface area (Å²) in [7, 11) is 0. The van der Waals surface area contributed by atoms with Crippen molar-refractivity contribution in [2.75, 3.05) is 0 Å². The first-order valence-corrected chi connectivity index (χ1v) is 5.19. The van der Waals surface area contributed by atoms with Crippen LogP contribution in [0.4, 0.5) is 0 Å². The summed E-state index contributed by atoms with van der Waals surface area (Å²) in [6, 6.07) is 4.60. The topological polar surface area (TPSA) is 83.8 Å². The molecule has 0 heterocycles. The van der Waals surface area contributed by atoms with Gasteiger partial charge in [0.05, 0.1) is 0 Å². The van der Waals surface area contributed by atoms with Gasteiger partial charge in [-0.15, -0.1) is 0 Å². The van der Waals surface area contributed by atoms with Gasteiger partial charge in [0.1, 0.15) is 11.3 Å². The van der Waals surface area contributed by atoms with Crippen LogP contribution in [0, 0.1) is 6.92 Å². The lowest BCUT2D eigenvalue weighted by Crippen LogP contribution is -2.26. The quantitative estimate of drug-likeness (QED) is 0.818. The number of carboxylic acid groups (broad SMARTS) is 2. The molecule has 0 aliphatic rings. The first-order chi connectivity index (χ1) is 7.95. The fourth-order valence-electron chi connectivity index (χ4n) is 1.38. The first kappa shape index (κ1) is 13.0. The zero-order valence-electron chi connectivity index (χ0n) is 9.64. The van der Waals surface area contributed by atoms with E-state index in [9.17, 15) is 9.59 Å². The second kappa shape index (κ2) is 5.34. The number of rotatable bonds is 5. The van der Waals surface area contributed by atoms with E-state index in [2.05, 4.69) is 0 Å². The molecule has 0 radical (unpaired) electrons. The van der Waals surface area contributed by atoms with Crippen molar-refractivity contribution in [3.05, 3.63) is 29.3 Å². The van der Waals surface area contributed by atoms with E-state index in [4.69, 9.17) is 14.9 Å². The Bertz CT molecular complexity index is 439. The Morgan fingerprint density at radius 1 is 1.35 bits per heavy atom. The molecule has 0 saturated heterocycles. The molecule has 0 aromatic heterocycles. The van der Waals surface area contributed by atoms with Crippen molar-refractivity contribution >= 4 is 11.9 Å². The highest BCUT2D eigenvalue weighted by Gasteiger charge is 2.20. The molecule has 1 rings (SSSR count). The van der Waals surface area contributed by atoms with Gasteiger partial charge in [-0.2, -0.15) is 0 Å². The van der Waals surface area contributed by atoms with Crippen molar-refractivity contribution in [2.24, 2.45) is 0 Å². The minimum Gasteiger partial charge on any atom is -0.479 e. The van der Waals surface area contributed by atoms with Gasteiger partial charge in [-0.25, -0.2) is 9.59 Å². The highest BCUT2D eigenvalue weighted by molar-refractivity contribution is 5.91. The summed E-state index contributed by atoms with van der Waals surface area (Å²) in [5, 5.41) is 17.8. The van der Waals surface area contributed by atoms with Gasteiger partial charge in [0.25, 0.3) is 0 Å². The van der Waals surface area contributed by atoms with Crippen LogP contribution in [0.2, 0.25) is 0 Å². The fraction of sp³-hybridized carbons (Fsp3) is 0.333. The number of hydrogen-bond donors (Lipinski definition) is 2. The Balaban J connectivity index is 3.05. The van der Waals surface area contributed by atoms with E-state index in [1.165, 1.54) is 12.1 Å². The van der Waals surface area contributed by atoms with Crippen LogP contribution in [0.15, 0.2) is 18.2 Å². The van der Waals surface area contributed by atoms with E-state index in [1.54, 1.807) is 19.9 Å². The molecule has 0 spiro atoms. The van der Waals surface area contributed by atoms with E-state index in [1.807, 2.05) is 0 Å².